The Labute approximate surface area is 211 Å². The van der Waals surface area contributed by atoms with Crippen LogP contribution in [0.3, 0.4) is 0 Å². The number of anilines is 2. The number of amides is 1. The first-order valence-corrected chi connectivity index (χ1v) is 12.2. The van der Waals surface area contributed by atoms with Crippen LogP contribution in [0.15, 0.2) is 78.0 Å². The number of carbonyl (C=O) groups excluding carboxylic acids is 1. The Bertz CT molecular complexity index is 1430. The summed E-state index contributed by atoms with van der Waals surface area (Å²) < 4.78 is 2.05. The second kappa shape index (κ2) is 10.2. The van der Waals surface area contributed by atoms with Crippen molar-refractivity contribution in [1.82, 2.24) is 14.5 Å². The summed E-state index contributed by atoms with van der Waals surface area (Å²) in [6.45, 7) is 3.31. The maximum atomic E-state index is 13.6. The van der Waals surface area contributed by atoms with E-state index in [0.717, 1.165) is 34.5 Å². The molecule has 0 aliphatic heterocycles. The van der Waals surface area contributed by atoms with Crippen LogP contribution in [0.25, 0.3) is 11.0 Å². The topological polar surface area (TPSA) is 86.9 Å². The number of aryl methyl sites for hydroxylation is 1. The lowest BCUT2D eigenvalue weighted by atomic mass is 10.1. The summed E-state index contributed by atoms with van der Waals surface area (Å²) in [6.07, 6.45) is 6.27. The number of fused-ring (bicyclic) bond motifs is 1. The molecule has 1 saturated carbocycles. The van der Waals surface area contributed by atoms with Crippen molar-refractivity contribution in [3.05, 3.63) is 95.0 Å². The van der Waals surface area contributed by atoms with Crippen molar-refractivity contribution in [2.24, 2.45) is 7.05 Å². The Morgan fingerprint density at radius 1 is 1.14 bits per heavy atom. The molecule has 1 amide bonds. The average molecular weight is 479 g/mol. The highest BCUT2D eigenvalue weighted by molar-refractivity contribution is 6.07. The Morgan fingerprint density at radius 3 is 2.64 bits per heavy atom. The van der Waals surface area contributed by atoms with Gasteiger partial charge in [-0.25, -0.2) is 9.97 Å². The fraction of sp³-hybridized carbons (Fsp3) is 0.241. The number of aromatic nitrogens is 3. The summed E-state index contributed by atoms with van der Waals surface area (Å²) in [5, 5.41) is 10.7. The van der Waals surface area contributed by atoms with Gasteiger partial charge in [0.1, 0.15) is 11.6 Å². The van der Waals surface area contributed by atoms with E-state index in [1.54, 1.807) is 11.1 Å². The number of nitrogens with zero attached hydrogens (tertiary/aromatic N) is 4. The number of rotatable bonds is 9. The minimum absolute atomic E-state index is 0.0687. The predicted octanol–water partition coefficient (Wildman–Crippen LogP) is 5.73. The van der Waals surface area contributed by atoms with Gasteiger partial charge >= 0.3 is 0 Å². The van der Waals surface area contributed by atoms with Crippen LogP contribution >= 0.6 is 0 Å². The molecule has 0 unspecified atom stereocenters. The van der Waals surface area contributed by atoms with E-state index in [4.69, 9.17) is 10.4 Å². The predicted molar refractivity (Wildman–Crippen MR) is 145 cm³/mol. The summed E-state index contributed by atoms with van der Waals surface area (Å²) in [4.78, 5) is 24.7. The van der Waals surface area contributed by atoms with Crippen molar-refractivity contribution in [1.29, 1.82) is 5.41 Å². The molecule has 7 heteroatoms. The molecule has 0 atom stereocenters. The van der Waals surface area contributed by atoms with Crippen molar-refractivity contribution in [3.63, 3.8) is 0 Å². The highest BCUT2D eigenvalue weighted by Gasteiger charge is 2.22. The molecule has 2 aromatic heterocycles. The summed E-state index contributed by atoms with van der Waals surface area (Å²) in [5.41, 5.74) is 7.09. The zero-order chi connectivity index (χ0) is 25.1. The largest absolute Gasteiger partial charge is 0.378 e. The number of imidazole rings is 1. The quantitative estimate of drug-likeness (QED) is 0.238. The molecule has 2 aromatic carbocycles. The number of pyridine rings is 1. The van der Waals surface area contributed by atoms with Crippen LogP contribution in [0, 0.1) is 5.41 Å². The summed E-state index contributed by atoms with van der Waals surface area (Å²) in [7, 11) is 1.99. The van der Waals surface area contributed by atoms with Gasteiger partial charge in [0.05, 0.1) is 17.6 Å². The van der Waals surface area contributed by atoms with Gasteiger partial charge in [-0.1, -0.05) is 29.3 Å². The molecule has 5 rings (SSSR count). The maximum absolute atomic E-state index is 13.6. The summed E-state index contributed by atoms with van der Waals surface area (Å²) in [6, 6.07) is 19.1. The molecule has 0 bridgehead atoms. The van der Waals surface area contributed by atoms with Gasteiger partial charge in [-0.3, -0.25) is 9.69 Å². The van der Waals surface area contributed by atoms with Crippen LogP contribution in [0.2, 0.25) is 0 Å². The second-order valence-corrected chi connectivity index (χ2v) is 9.19. The minimum atomic E-state index is -0.0687. The molecule has 36 heavy (non-hydrogen) atoms. The van der Waals surface area contributed by atoms with Crippen LogP contribution in [-0.2, 0) is 13.6 Å². The van der Waals surface area contributed by atoms with Gasteiger partial charge in [0.15, 0.2) is 0 Å². The highest BCUT2D eigenvalue weighted by atomic mass is 16.2. The van der Waals surface area contributed by atoms with E-state index in [2.05, 4.69) is 17.2 Å². The molecule has 1 aliphatic carbocycles. The van der Waals surface area contributed by atoms with E-state index in [0.29, 0.717) is 24.5 Å². The number of benzene rings is 2. The molecule has 182 valence electrons. The normalized spacial score (nSPS) is 12.4. The molecule has 0 spiro atoms. The van der Waals surface area contributed by atoms with E-state index < -0.39 is 0 Å². The first kappa shape index (κ1) is 23.5. The van der Waals surface area contributed by atoms with Crippen LogP contribution < -0.4 is 10.2 Å². The summed E-state index contributed by atoms with van der Waals surface area (Å²) >= 11 is 0. The van der Waals surface area contributed by atoms with Crippen LogP contribution in [0.4, 0.5) is 11.5 Å². The lowest BCUT2D eigenvalue weighted by molar-refractivity contribution is 0.0986. The SMILES string of the molecule is CC(CCN(C(=O)c1ccc2c(c1)nc(CNc1ccc(C=N)cc1)n2C)c1ccccn1)=C1CC1. The number of nitrogens with one attached hydrogen (secondary N) is 2. The van der Waals surface area contributed by atoms with Gasteiger partial charge in [0.2, 0.25) is 0 Å². The third kappa shape index (κ3) is 5.05. The number of carbonyl (C=O) groups is 1. The molecule has 2 N–H and O–H groups in total. The molecule has 2 heterocycles. The fourth-order valence-corrected chi connectivity index (χ4v) is 4.35. The van der Waals surface area contributed by atoms with E-state index in [9.17, 15) is 4.79 Å². The fourth-order valence-electron chi connectivity index (χ4n) is 4.35. The summed E-state index contributed by atoms with van der Waals surface area (Å²) in [5.74, 6) is 1.47. The third-order valence-corrected chi connectivity index (χ3v) is 6.73. The van der Waals surface area contributed by atoms with Crippen molar-refractivity contribution < 1.29 is 4.79 Å². The average Bonchev–Trinajstić information content (AvgIpc) is 3.72. The van der Waals surface area contributed by atoms with Gasteiger partial charge in [-0.2, -0.15) is 0 Å². The van der Waals surface area contributed by atoms with Gasteiger partial charge in [0, 0.05) is 37.3 Å². The van der Waals surface area contributed by atoms with Gasteiger partial charge in [-0.05, 0) is 74.2 Å². The molecular weight excluding hydrogens is 448 g/mol. The molecule has 1 aliphatic rings. The van der Waals surface area contributed by atoms with E-state index in [-0.39, 0.29) is 5.91 Å². The van der Waals surface area contributed by atoms with Crippen molar-refractivity contribution in [2.75, 3.05) is 16.8 Å². The molecule has 1 fully saturated rings. The van der Waals surface area contributed by atoms with E-state index in [1.165, 1.54) is 30.2 Å². The van der Waals surface area contributed by atoms with E-state index >= 15 is 0 Å². The highest BCUT2D eigenvalue weighted by Crippen LogP contribution is 2.33. The molecule has 7 nitrogen and oxygen atoms in total. The number of allylic oxidation sites excluding steroid dienone is 1. The van der Waals surface area contributed by atoms with Crippen molar-refractivity contribution in [3.8, 4) is 0 Å². The molecule has 0 radical (unpaired) electrons. The standard InChI is InChI=1S/C29H30N6O/c1-20(22-8-9-22)14-16-35(27-5-3-4-15-31-27)29(36)23-10-13-26-25(17-23)33-28(34(26)2)19-32-24-11-6-21(18-30)7-12-24/h3-7,10-13,15,17-18,30,32H,8-9,14,16,19H2,1-2H3. The van der Waals surface area contributed by atoms with E-state index in [1.807, 2.05) is 72.3 Å². The second-order valence-electron chi connectivity index (χ2n) is 9.19. The Kier molecular flexibility index (Phi) is 6.62. The van der Waals surface area contributed by atoms with Crippen LogP contribution in [0.1, 0.15) is 47.9 Å². The maximum Gasteiger partial charge on any atom is 0.259 e. The van der Waals surface area contributed by atoms with Gasteiger partial charge in [0.25, 0.3) is 5.91 Å². The monoisotopic (exact) mass is 478 g/mol. The Morgan fingerprint density at radius 2 is 1.94 bits per heavy atom. The van der Waals surface area contributed by atoms with Gasteiger partial charge in [-0.15, -0.1) is 0 Å². The molecular formula is C29H30N6O. The minimum Gasteiger partial charge on any atom is -0.378 e. The van der Waals surface area contributed by atoms with Crippen LogP contribution in [0.5, 0.6) is 0 Å². The first-order chi connectivity index (χ1) is 17.5. The molecule has 4 aromatic rings. The van der Waals surface area contributed by atoms with Crippen LogP contribution in [-0.4, -0.2) is 33.2 Å². The number of hydrogen-bond acceptors (Lipinski definition) is 5. The lowest BCUT2D eigenvalue weighted by Crippen LogP contribution is -2.32. The molecule has 0 saturated heterocycles. The zero-order valence-electron chi connectivity index (χ0n) is 20.7. The van der Waals surface area contributed by atoms with Crippen molar-refractivity contribution >= 4 is 34.7 Å². The third-order valence-electron chi connectivity index (χ3n) is 6.73. The number of hydrogen-bond donors (Lipinski definition) is 2. The lowest BCUT2D eigenvalue weighted by Gasteiger charge is -2.22. The van der Waals surface area contributed by atoms with Gasteiger partial charge < -0.3 is 15.3 Å². The smallest absolute Gasteiger partial charge is 0.259 e. The first-order valence-electron chi connectivity index (χ1n) is 12.2. The van der Waals surface area contributed by atoms with Crippen molar-refractivity contribution in [2.45, 2.75) is 32.7 Å². The Balaban J connectivity index is 1.37. The zero-order valence-corrected chi connectivity index (χ0v) is 20.7. The Hall–Kier alpha value is -4.26.